The van der Waals surface area contributed by atoms with Crippen LogP contribution in [-0.2, 0) is 10.8 Å². The number of rotatable bonds is 8. The van der Waals surface area contributed by atoms with Crippen LogP contribution >= 0.6 is 45.3 Å². The van der Waals surface area contributed by atoms with Crippen molar-refractivity contribution in [2.45, 2.75) is 38.5 Å². The lowest BCUT2D eigenvalue weighted by Crippen LogP contribution is -2.30. The van der Waals surface area contributed by atoms with Crippen molar-refractivity contribution in [3.05, 3.63) is 350 Å². The van der Waals surface area contributed by atoms with Gasteiger partial charge in [0.2, 0.25) is 0 Å². The van der Waals surface area contributed by atoms with E-state index < -0.39 is 10.8 Å². The average Bonchev–Trinajstić information content (AvgIpc) is 1.48. The van der Waals surface area contributed by atoms with E-state index in [9.17, 15) is 20.1 Å². The van der Waals surface area contributed by atoms with E-state index in [4.69, 9.17) is 13.1 Å². The highest BCUT2D eigenvalue weighted by molar-refractivity contribution is 7.24. The number of thiophene rings is 4. The van der Waals surface area contributed by atoms with Gasteiger partial charge in [0.1, 0.15) is 30.9 Å². The molecule has 16 rings (SSSR count). The summed E-state index contributed by atoms with van der Waals surface area (Å²) in [5, 5.41) is 21.3. The van der Waals surface area contributed by atoms with E-state index in [0.29, 0.717) is 44.5 Å². The molecule has 8 aromatic carbocycles. The van der Waals surface area contributed by atoms with Crippen LogP contribution in [0.25, 0.3) is 84.2 Å². The van der Waals surface area contributed by atoms with Gasteiger partial charge in [0.25, 0.3) is 0 Å². The zero-order chi connectivity index (χ0) is 62.9. The van der Waals surface area contributed by atoms with E-state index >= 15 is 0 Å². The Morgan fingerprint density at radius 3 is 1.41 bits per heavy atom. The number of benzene rings is 8. The van der Waals surface area contributed by atoms with Crippen LogP contribution in [0.15, 0.2) is 229 Å². The zero-order valence-electron chi connectivity index (χ0n) is 50.0. The van der Waals surface area contributed by atoms with E-state index in [2.05, 4.69) is 183 Å². The number of hydrogen-bond acceptors (Lipinski definition) is 8. The molecule has 0 atom stereocenters. The second-order valence-corrected chi connectivity index (χ2v) is 28.3. The molecule has 0 unspecified atom stereocenters. The van der Waals surface area contributed by atoms with E-state index in [1.54, 1.807) is 58.3 Å². The molecule has 0 amide bonds. The second-order valence-electron chi connectivity index (χ2n) is 23.9. The summed E-state index contributed by atoms with van der Waals surface area (Å²) in [4.78, 5) is 42.6. The molecule has 0 fully saturated rings. The Morgan fingerprint density at radius 2 is 0.891 bits per heavy atom. The van der Waals surface area contributed by atoms with E-state index in [-0.39, 0.29) is 23.0 Å². The molecule has 92 heavy (non-hydrogen) atoms. The average molecular weight is 1250 g/mol. The molecule has 4 heterocycles. The van der Waals surface area contributed by atoms with Crippen molar-refractivity contribution in [3.63, 3.8) is 0 Å². The summed E-state index contributed by atoms with van der Waals surface area (Å²) in [6, 6.07) is 77.6. The predicted molar refractivity (Wildman–Crippen MR) is 376 cm³/mol. The van der Waals surface area contributed by atoms with Gasteiger partial charge in [-0.15, -0.1) is 45.3 Å². The highest BCUT2D eigenvalue weighted by atomic mass is 32.1. The largest absolute Gasteiger partial charge is 0.528 e. The molecule has 0 spiro atoms. The van der Waals surface area contributed by atoms with Crippen LogP contribution in [0.2, 0.25) is 0 Å². The Balaban J connectivity index is 0.910. The quantitative estimate of drug-likeness (QED) is 0.0861. The summed E-state index contributed by atoms with van der Waals surface area (Å²) in [7, 11) is 0. The zero-order valence-corrected chi connectivity index (χ0v) is 53.3. The van der Waals surface area contributed by atoms with Crippen molar-refractivity contribution in [1.29, 1.82) is 10.5 Å². The Labute approximate surface area is 548 Å². The first kappa shape index (κ1) is 56.3. The molecule has 0 radical (unpaired) electrons. The summed E-state index contributed by atoms with van der Waals surface area (Å²) in [6.45, 7) is 24.4. The van der Waals surface area contributed by atoms with Crippen LogP contribution in [0.4, 0.5) is 0 Å². The Kier molecular flexibility index (Phi) is 13.1. The molecule has 0 saturated heterocycles. The smallest absolute Gasteiger partial charge is 0.289 e. The maximum atomic E-state index is 14.1. The maximum Gasteiger partial charge on any atom is 0.528 e. The fourth-order valence-electron chi connectivity index (χ4n) is 14.5. The molecule has 4 aliphatic carbocycles. The number of nitriles is 2. The van der Waals surface area contributed by atoms with Crippen LogP contribution in [0.3, 0.4) is 0 Å². The molecule has 10 heteroatoms. The molecular formula is C82H48N4O2S4. The standard InChI is InChI=1S/C82H48N4O2S4/c1-45-15-24-51(25-16-45)81(52-26-17-46(2)18-27-52)66-41-63-67(40-62(66)78-68(81)42-72(92-78)70-36-33-56(90-70)39-65-74(80(85-5)86-6)58-12-8-10-14-60(58)77(65)88)82(53-28-19-47(3)20-29-53,54-30-21-48(4)22-31-54)75-61-34-23-49(37-71(61)91-79(63)75)69-35-32-55(89-69)38-64-73(50(43-83)44-84)57-11-7-9-13-59(57)76(64)87/h7-42H,1-4H3/b64-38-,65-39-. The van der Waals surface area contributed by atoms with Crippen molar-refractivity contribution in [2.24, 2.45) is 0 Å². The van der Waals surface area contributed by atoms with Crippen LogP contribution in [-0.4, -0.2) is 11.6 Å². The summed E-state index contributed by atoms with van der Waals surface area (Å²) in [6.07, 6.45) is 3.69. The number of carbonyl (C=O) groups is 2. The van der Waals surface area contributed by atoms with Crippen molar-refractivity contribution in [2.75, 3.05) is 0 Å². The SMILES string of the molecule is [C-]#[N+]C([N+]#[C-])=C1/C(=C/c2ccc(-c3cc4c(s3)-c3cc5c(cc3C4(c3ccc(C)cc3)c3ccc(C)cc3)-c3sc4cc(-c6ccc(/C=C7\C(=O)c8ccccc8C7=C(C#N)C#N)s6)ccc4c3C5(c3ccc(C)cc3)c3ccc(C)cc3)s2)C(=O)c2ccccc21. The number of allylic oxidation sites excluding steroid dienone is 5. The van der Waals surface area contributed by atoms with Gasteiger partial charge in [0.15, 0.2) is 11.6 Å². The van der Waals surface area contributed by atoms with Crippen molar-refractivity contribution >= 4 is 90.3 Å². The molecule has 0 bridgehead atoms. The number of aryl methyl sites for hydroxylation is 4. The normalized spacial score (nSPS) is 15.1. The van der Waals surface area contributed by atoms with Crippen molar-refractivity contribution < 1.29 is 9.59 Å². The minimum absolute atomic E-state index is 0.0849. The minimum atomic E-state index is -0.758. The van der Waals surface area contributed by atoms with E-state index in [1.165, 1.54) is 93.0 Å². The topological polar surface area (TPSA) is 90.4 Å². The lowest BCUT2D eigenvalue weighted by Gasteiger charge is -2.36. The fourth-order valence-corrected chi connectivity index (χ4v) is 19.1. The maximum absolute atomic E-state index is 14.1. The van der Waals surface area contributed by atoms with Gasteiger partial charge < -0.3 is 0 Å². The molecule has 4 aromatic heterocycles. The second kappa shape index (κ2) is 21.4. The van der Waals surface area contributed by atoms with Crippen LogP contribution in [0.5, 0.6) is 0 Å². The summed E-state index contributed by atoms with van der Waals surface area (Å²) >= 11 is 6.82. The molecule has 0 aliphatic heterocycles. The number of hydrogen-bond donors (Lipinski definition) is 0. The van der Waals surface area contributed by atoms with Gasteiger partial charge in [-0.2, -0.15) is 20.2 Å². The van der Waals surface area contributed by atoms with Gasteiger partial charge in [-0.3, -0.25) is 9.59 Å². The van der Waals surface area contributed by atoms with Crippen molar-refractivity contribution in [3.8, 4) is 53.2 Å². The molecule has 432 valence electrons. The van der Waals surface area contributed by atoms with Crippen molar-refractivity contribution in [1.82, 2.24) is 0 Å². The number of carbonyl (C=O) groups excluding carboxylic acids is 2. The first-order chi connectivity index (χ1) is 44.8. The third kappa shape index (κ3) is 8.23. The van der Waals surface area contributed by atoms with Crippen LogP contribution in [0, 0.1) is 63.5 Å². The molecular weight excluding hydrogens is 1200 g/mol. The lowest BCUT2D eigenvalue weighted by atomic mass is 9.65. The molecule has 12 aromatic rings. The van der Waals surface area contributed by atoms with Gasteiger partial charge in [0.05, 0.1) is 16.4 Å². The number of ketones is 2. The van der Waals surface area contributed by atoms with Gasteiger partial charge >= 0.3 is 5.82 Å². The molecule has 4 aliphatic rings. The Bertz CT molecular complexity index is 5450. The third-order valence-corrected chi connectivity index (χ3v) is 23.4. The molecule has 0 saturated carbocycles. The number of nitrogens with zero attached hydrogens (tertiary/aromatic N) is 4. The Morgan fingerprint density at radius 1 is 0.435 bits per heavy atom. The minimum Gasteiger partial charge on any atom is -0.289 e. The molecule has 0 N–H and O–H groups in total. The first-order valence-electron chi connectivity index (χ1n) is 30.0. The highest BCUT2D eigenvalue weighted by Gasteiger charge is 2.54. The predicted octanol–water partition coefficient (Wildman–Crippen LogP) is 21.2. The number of fused-ring (bicyclic) bond motifs is 10. The monoisotopic (exact) mass is 1250 g/mol. The summed E-state index contributed by atoms with van der Waals surface area (Å²) in [5.74, 6) is -0.505. The van der Waals surface area contributed by atoms with Crippen LogP contribution in [0.1, 0.15) is 108 Å². The van der Waals surface area contributed by atoms with E-state index in [0.717, 1.165) is 34.6 Å². The summed E-state index contributed by atoms with van der Waals surface area (Å²) < 4.78 is 1.15. The lowest BCUT2D eigenvalue weighted by molar-refractivity contribution is 0.103. The van der Waals surface area contributed by atoms with E-state index in [1.807, 2.05) is 72.0 Å². The highest BCUT2D eigenvalue weighted by Crippen LogP contribution is 2.67. The fraction of sp³-hybridized carbons (Fsp3) is 0.0732. The summed E-state index contributed by atoms with van der Waals surface area (Å²) in [5.41, 5.74) is 19.8. The van der Waals surface area contributed by atoms with Gasteiger partial charge in [-0.05, 0) is 166 Å². The Hall–Kier alpha value is -10.9. The van der Waals surface area contributed by atoms with Crippen LogP contribution < -0.4 is 0 Å². The van der Waals surface area contributed by atoms with Gasteiger partial charge in [-0.25, -0.2) is 0 Å². The van der Waals surface area contributed by atoms with Gasteiger partial charge in [-0.1, -0.05) is 180 Å². The van der Waals surface area contributed by atoms with Gasteiger partial charge in [0, 0.05) is 66.7 Å². The first-order valence-corrected chi connectivity index (χ1v) is 33.3. The molecule has 6 nitrogen and oxygen atoms in total. The number of Topliss-reactive ketones (excluding diaryl/α,β-unsaturated/α-hetero) is 2. The third-order valence-electron chi connectivity index (χ3n) is 18.8.